The number of rotatable bonds is 4. The highest BCUT2D eigenvalue weighted by atomic mass is 35.5. The summed E-state index contributed by atoms with van der Waals surface area (Å²) in [6.07, 6.45) is 3.33. The van der Waals surface area contributed by atoms with Crippen LogP contribution in [0.3, 0.4) is 0 Å². The summed E-state index contributed by atoms with van der Waals surface area (Å²) < 4.78 is 18.8. The SMILES string of the molecule is C=S1C=C(c2ccncc2)N=C1NC(=O)COc1ccc(Cl)cc1F. The van der Waals surface area contributed by atoms with Gasteiger partial charge in [-0.15, -0.1) is 10.5 Å². The largest absolute Gasteiger partial charge is 0.481 e. The Hall–Kier alpha value is -2.51. The molecule has 2 aromatic rings. The first-order chi connectivity index (χ1) is 12.0. The molecule has 2 heterocycles. The van der Waals surface area contributed by atoms with Crippen LogP contribution in [0.4, 0.5) is 4.39 Å². The molecule has 1 aromatic carbocycles. The molecule has 1 aromatic heterocycles. The number of ether oxygens (including phenoxy) is 1. The van der Waals surface area contributed by atoms with E-state index < -0.39 is 22.2 Å². The van der Waals surface area contributed by atoms with Crippen LogP contribution in [0.1, 0.15) is 5.56 Å². The summed E-state index contributed by atoms with van der Waals surface area (Å²) >= 11 is 5.67. The number of amides is 1. The Morgan fingerprint density at radius 2 is 2.08 bits per heavy atom. The predicted octanol–water partition coefficient (Wildman–Crippen LogP) is 3.44. The first kappa shape index (κ1) is 17.3. The maximum absolute atomic E-state index is 13.6. The van der Waals surface area contributed by atoms with E-state index in [2.05, 4.69) is 21.2 Å². The number of aliphatic imine (C=N–C) groups is 1. The zero-order valence-electron chi connectivity index (χ0n) is 12.9. The van der Waals surface area contributed by atoms with Gasteiger partial charge in [-0.05, 0) is 35.7 Å². The van der Waals surface area contributed by atoms with E-state index in [1.165, 1.54) is 12.1 Å². The number of benzene rings is 1. The van der Waals surface area contributed by atoms with Gasteiger partial charge in [0.1, 0.15) is 0 Å². The Kier molecular flexibility index (Phi) is 5.25. The van der Waals surface area contributed by atoms with E-state index in [0.29, 0.717) is 5.17 Å². The van der Waals surface area contributed by atoms with Gasteiger partial charge in [-0.1, -0.05) is 17.5 Å². The lowest BCUT2D eigenvalue weighted by molar-refractivity contribution is -0.121. The smallest absolute Gasteiger partial charge is 0.263 e. The van der Waals surface area contributed by atoms with Gasteiger partial charge in [0.15, 0.2) is 23.3 Å². The summed E-state index contributed by atoms with van der Waals surface area (Å²) in [5.74, 6) is 2.85. The number of pyridine rings is 1. The Bertz CT molecular complexity index is 900. The lowest BCUT2D eigenvalue weighted by atomic mass is 10.2. The van der Waals surface area contributed by atoms with Gasteiger partial charge in [-0.25, -0.2) is 9.38 Å². The lowest BCUT2D eigenvalue weighted by Gasteiger charge is -2.08. The van der Waals surface area contributed by atoms with Gasteiger partial charge in [0.2, 0.25) is 0 Å². The topological polar surface area (TPSA) is 63.6 Å². The summed E-state index contributed by atoms with van der Waals surface area (Å²) in [7, 11) is -0.579. The number of aromatic nitrogens is 1. The lowest BCUT2D eigenvalue weighted by Crippen LogP contribution is -2.32. The standard InChI is InChI=1S/C17H13ClFN3O2S/c1-25-10-14(11-4-6-20-7-5-11)21-17(25)22-16(23)9-24-15-3-2-12(18)8-13(15)19/h2-8,10H,1,9H2,(H,21,22,23). The van der Waals surface area contributed by atoms with Gasteiger partial charge < -0.3 is 10.1 Å². The van der Waals surface area contributed by atoms with Crippen LogP contribution in [0.5, 0.6) is 5.75 Å². The van der Waals surface area contributed by atoms with E-state index in [9.17, 15) is 9.18 Å². The molecule has 0 spiro atoms. The molecule has 1 aliphatic heterocycles. The van der Waals surface area contributed by atoms with Crippen LogP contribution in [0.15, 0.2) is 53.1 Å². The molecule has 25 heavy (non-hydrogen) atoms. The van der Waals surface area contributed by atoms with Gasteiger partial charge in [0, 0.05) is 23.0 Å². The zero-order valence-corrected chi connectivity index (χ0v) is 14.5. The second kappa shape index (κ2) is 7.58. The van der Waals surface area contributed by atoms with E-state index in [1.54, 1.807) is 12.4 Å². The molecule has 0 radical (unpaired) electrons. The summed E-state index contributed by atoms with van der Waals surface area (Å²) in [6, 6.07) is 7.62. The van der Waals surface area contributed by atoms with Gasteiger partial charge in [0.05, 0.1) is 5.70 Å². The minimum absolute atomic E-state index is 0.0443. The number of hydrogen-bond donors (Lipinski definition) is 1. The average Bonchev–Trinajstić information content (AvgIpc) is 2.95. The molecule has 5 nitrogen and oxygen atoms in total. The van der Waals surface area contributed by atoms with Crippen molar-refractivity contribution in [1.29, 1.82) is 0 Å². The van der Waals surface area contributed by atoms with Crippen LogP contribution < -0.4 is 10.1 Å². The third-order valence-corrected chi connectivity index (χ3v) is 4.63. The number of nitrogens with zero attached hydrogens (tertiary/aromatic N) is 2. The molecule has 0 aliphatic carbocycles. The van der Waals surface area contributed by atoms with Crippen molar-refractivity contribution in [3.05, 3.63) is 64.5 Å². The monoisotopic (exact) mass is 377 g/mol. The molecule has 8 heteroatoms. The van der Waals surface area contributed by atoms with Crippen LogP contribution in [0, 0.1) is 5.82 Å². The number of carbonyl (C=O) groups excluding carboxylic acids is 1. The Morgan fingerprint density at radius 1 is 1.32 bits per heavy atom. The van der Waals surface area contributed by atoms with Crippen molar-refractivity contribution < 1.29 is 13.9 Å². The molecule has 3 rings (SSSR count). The van der Waals surface area contributed by atoms with Crippen molar-refractivity contribution in [3.8, 4) is 5.75 Å². The fourth-order valence-electron chi connectivity index (χ4n) is 2.02. The highest BCUT2D eigenvalue weighted by Gasteiger charge is 2.16. The van der Waals surface area contributed by atoms with Gasteiger partial charge in [-0.2, -0.15) is 0 Å². The molecule has 0 fully saturated rings. The number of carbonyl (C=O) groups is 1. The molecule has 1 amide bonds. The van der Waals surface area contributed by atoms with Crippen LogP contribution in [-0.4, -0.2) is 28.5 Å². The second-order valence-electron chi connectivity index (χ2n) is 5.00. The maximum atomic E-state index is 13.6. The summed E-state index contributed by atoms with van der Waals surface area (Å²) in [5.41, 5.74) is 1.61. The molecule has 1 unspecified atom stereocenters. The second-order valence-corrected chi connectivity index (χ2v) is 6.91. The first-order valence-electron chi connectivity index (χ1n) is 7.14. The average molecular weight is 378 g/mol. The summed E-state index contributed by atoms with van der Waals surface area (Å²) in [5, 5.41) is 5.21. The normalized spacial score (nSPS) is 16.2. The zero-order chi connectivity index (χ0) is 17.8. The number of hydrogen-bond acceptors (Lipinski definition) is 4. The summed E-state index contributed by atoms with van der Waals surface area (Å²) in [6.45, 7) is -0.348. The van der Waals surface area contributed by atoms with E-state index in [0.717, 1.165) is 17.3 Å². The molecule has 128 valence electrons. The Balaban J connectivity index is 1.61. The van der Waals surface area contributed by atoms with E-state index in [-0.39, 0.29) is 17.4 Å². The number of amidine groups is 1. The van der Waals surface area contributed by atoms with E-state index in [4.69, 9.17) is 16.3 Å². The highest BCUT2D eigenvalue weighted by Crippen LogP contribution is 2.30. The first-order valence-corrected chi connectivity index (χ1v) is 8.98. The molecule has 0 bridgehead atoms. The van der Waals surface area contributed by atoms with Crippen molar-refractivity contribution in [2.45, 2.75) is 0 Å². The third kappa shape index (κ3) is 4.32. The Labute approximate surface area is 151 Å². The molecule has 1 atom stereocenters. The number of halogens is 2. The molecular weight excluding hydrogens is 365 g/mol. The van der Waals surface area contributed by atoms with E-state index >= 15 is 0 Å². The minimum Gasteiger partial charge on any atom is -0.481 e. The van der Waals surface area contributed by atoms with Gasteiger partial charge >= 0.3 is 0 Å². The highest BCUT2D eigenvalue weighted by molar-refractivity contribution is 8.29. The molecule has 0 saturated carbocycles. The van der Waals surface area contributed by atoms with Crippen molar-refractivity contribution in [3.63, 3.8) is 0 Å². The van der Waals surface area contributed by atoms with Crippen LogP contribution >= 0.6 is 22.1 Å². The molecule has 1 N–H and O–H groups in total. The minimum atomic E-state index is -0.628. The fraction of sp³-hybridized carbons (Fsp3) is 0.0588. The van der Waals surface area contributed by atoms with Crippen molar-refractivity contribution in [2.75, 3.05) is 6.61 Å². The van der Waals surface area contributed by atoms with E-state index in [1.807, 2.05) is 17.5 Å². The fourth-order valence-corrected chi connectivity index (χ4v) is 3.21. The van der Waals surface area contributed by atoms with Crippen LogP contribution in [0.2, 0.25) is 5.02 Å². The van der Waals surface area contributed by atoms with Crippen molar-refractivity contribution in [1.82, 2.24) is 10.3 Å². The predicted molar refractivity (Wildman–Crippen MR) is 99.4 cm³/mol. The summed E-state index contributed by atoms with van der Waals surface area (Å²) in [4.78, 5) is 20.4. The van der Waals surface area contributed by atoms with Gasteiger partial charge in [0.25, 0.3) is 5.91 Å². The van der Waals surface area contributed by atoms with Crippen LogP contribution in [0.25, 0.3) is 5.70 Å². The maximum Gasteiger partial charge on any atom is 0.263 e. The quantitative estimate of drug-likeness (QED) is 0.830. The molecule has 0 saturated heterocycles. The number of nitrogens with one attached hydrogen (secondary N) is 1. The van der Waals surface area contributed by atoms with Crippen LogP contribution in [-0.2, 0) is 4.79 Å². The van der Waals surface area contributed by atoms with Gasteiger partial charge in [-0.3, -0.25) is 9.78 Å². The molecular formula is C17H13ClFN3O2S. The Morgan fingerprint density at radius 3 is 2.80 bits per heavy atom. The molecule has 1 aliphatic rings. The van der Waals surface area contributed by atoms with Crippen molar-refractivity contribution >= 4 is 44.7 Å². The van der Waals surface area contributed by atoms with Crippen molar-refractivity contribution in [2.24, 2.45) is 4.99 Å². The third-order valence-electron chi connectivity index (χ3n) is 3.20.